The number of aliphatic imine (C=N–C) groups is 1. The molecule has 2 aromatic carbocycles. The monoisotopic (exact) mass is 991 g/mol. The van der Waals surface area contributed by atoms with Gasteiger partial charge in [-0.2, -0.15) is 13.2 Å². The Labute approximate surface area is 407 Å². The Morgan fingerprint density at radius 1 is 0.887 bits per heavy atom. The number of rotatable bonds is 24. The predicted octanol–water partition coefficient (Wildman–Crippen LogP) is 3.36. The number of aryl methyl sites for hydroxylation is 1. The van der Waals surface area contributed by atoms with E-state index in [0.29, 0.717) is 76.1 Å². The Kier molecular flexibility index (Phi) is 18.2. The van der Waals surface area contributed by atoms with Gasteiger partial charge in [0.05, 0.1) is 69.5 Å². The molecule has 22 heteroatoms. The van der Waals surface area contributed by atoms with Gasteiger partial charge in [-0.25, -0.2) is 4.98 Å². The summed E-state index contributed by atoms with van der Waals surface area (Å²) < 4.78 is 73.8. The first-order valence-electron chi connectivity index (χ1n) is 23.3. The lowest BCUT2D eigenvalue weighted by atomic mass is 9.90. The zero-order chi connectivity index (χ0) is 50.4. The van der Waals surface area contributed by atoms with Gasteiger partial charge in [0, 0.05) is 68.8 Å². The van der Waals surface area contributed by atoms with Crippen molar-refractivity contribution < 1.29 is 70.4 Å². The molecule has 6 amide bonds. The van der Waals surface area contributed by atoms with Crippen molar-refractivity contribution in [1.29, 1.82) is 0 Å². The van der Waals surface area contributed by atoms with Crippen molar-refractivity contribution in [3.05, 3.63) is 99.9 Å². The number of benzene rings is 2. The van der Waals surface area contributed by atoms with E-state index in [1.807, 2.05) is 17.9 Å². The van der Waals surface area contributed by atoms with Crippen molar-refractivity contribution in [3.63, 3.8) is 0 Å². The van der Waals surface area contributed by atoms with E-state index in [9.17, 15) is 41.9 Å². The fraction of sp³-hybridized carbons (Fsp3) is 0.469. The minimum absolute atomic E-state index is 0.0457. The minimum Gasteiger partial charge on any atom is -0.475 e. The summed E-state index contributed by atoms with van der Waals surface area (Å²) in [5.41, 5.74) is 1.24. The van der Waals surface area contributed by atoms with Crippen molar-refractivity contribution in [2.75, 3.05) is 92.3 Å². The summed E-state index contributed by atoms with van der Waals surface area (Å²) in [6, 6.07) is 11.8. The van der Waals surface area contributed by atoms with Gasteiger partial charge < -0.3 is 39.1 Å². The molecule has 2 unspecified atom stereocenters. The van der Waals surface area contributed by atoms with Crippen LogP contribution < -0.4 is 20.7 Å². The maximum atomic E-state index is 13.5. The standard InChI is InChI=1S/C49H56F3N7O12/c1-32-38(28-48(31-55-32,58-15-19-67-20-16-58)57-44(62)34-6-2-8-36(27-34)49(50,51)52)35-10-13-42(54-29-35)71-26-25-69-22-21-68-23-24-70-30-41(61)53-14-18-66-17-4-7-33-5-3-9-37-43(33)47(65)59(46(37)64)39-11-12-40(60)56-45(39)63/h2-3,5-6,8-10,13,27,29,31,39H,4,7,11-12,14-26,28,30H2,1H3,(H,53,61)(H,57,62)(H,56,60,63). The second-order valence-corrected chi connectivity index (χ2v) is 16.9. The number of amides is 6. The highest BCUT2D eigenvalue weighted by molar-refractivity contribution is 6.24. The fourth-order valence-electron chi connectivity index (χ4n) is 8.48. The topological polar surface area (TPSA) is 226 Å². The third-order valence-electron chi connectivity index (χ3n) is 12.1. The first-order chi connectivity index (χ1) is 34.2. The Morgan fingerprint density at radius 2 is 1.62 bits per heavy atom. The van der Waals surface area contributed by atoms with Crippen molar-refractivity contribution in [2.45, 2.75) is 56.9 Å². The molecule has 0 spiro atoms. The van der Waals surface area contributed by atoms with Crippen LogP contribution in [0.5, 0.6) is 5.88 Å². The van der Waals surface area contributed by atoms with Gasteiger partial charge in [-0.05, 0) is 73.2 Å². The molecule has 4 aliphatic heterocycles. The molecule has 0 aliphatic carbocycles. The number of hydrogen-bond donors (Lipinski definition) is 3. The highest BCUT2D eigenvalue weighted by Crippen LogP contribution is 2.36. The van der Waals surface area contributed by atoms with Crippen molar-refractivity contribution >= 4 is 47.2 Å². The number of piperidine rings is 1. The maximum Gasteiger partial charge on any atom is 0.416 e. The van der Waals surface area contributed by atoms with Gasteiger partial charge in [0.15, 0.2) is 0 Å². The highest BCUT2D eigenvalue weighted by Gasteiger charge is 2.46. The molecule has 0 bridgehead atoms. The fourth-order valence-corrected chi connectivity index (χ4v) is 8.48. The summed E-state index contributed by atoms with van der Waals surface area (Å²) >= 11 is 0. The average molecular weight is 992 g/mol. The van der Waals surface area contributed by atoms with E-state index < -0.39 is 53.0 Å². The maximum absolute atomic E-state index is 13.5. The molecular formula is C49H56F3N7O12. The van der Waals surface area contributed by atoms with Gasteiger partial charge in [-0.15, -0.1) is 0 Å². The molecule has 3 N–H and O–H groups in total. The number of nitrogens with one attached hydrogen (secondary N) is 3. The predicted molar refractivity (Wildman–Crippen MR) is 247 cm³/mol. The number of morpholine rings is 1. The number of hydrogen-bond acceptors (Lipinski definition) is 15. The second kappa shape index (κ2) is 24.6. The van der Waals surface area contributed by atoms with Crippen LogP contribution in [0.2, 0.25) is 0 Å². The van der Waals surface area contributed by atoms with Crippen LogP contribution in [0.4, 0.5) is 13.2 Å². The summed E-state index contributed by atoms with van der Waals surface area (Å²) in [6.45, 7) is 5.85. The molecule has 1 aromatic heterocycles. The van der Waals surface area contributed by atoms with E-state index in [-0.39, 0.29) is 88.0 Å². The molecule has 2 fully saturated rings. The quantitative estimate of drug-likeness (QED) is 0.0865. The molecule has 71 heavy (non-hydrogen) atoms. The van der Waals surface area contributed by atoms with Gasteiger partial charge in [-0.1, -0.05) is 18.2 Å². The molecule has 4 aliphatic rings. The van der Waals surface area contributed by atoms with Gasteiger partial charge >= 0.3 is 6.18 Å². The zero-order valence-corrected chi connectivity index (χ0v) is 39.2. The first kappa shape index (κ1) is 52.4. The third-order valence-corrected chi connectivity index (χ3v) is 12.1. The van der Waals surface area contributed by atoms with E-state index in [4.69, 9.17) is 28.4 Å². The van der Waals surface area contributed by atoms with Crippen LogP contribution in [-0.2, 0) is 50.7 Å². The summed E-state index contributed by atoms with van der Waals surface area (Å²) in [6.07, 6.45) is 0.0910. The summed E-state index contributed by atoms with van der Waals surface area (Å²) in [5, 5.41) is 7.90. The lowest BCUT2D eigenvalue weighted by Gasteiger charge is -2.45. The molecule has 5 heterocycles. The molecule has 3 aromatic rings. The zero-order valence-electron chi connectivity index (χ0n) is 39.2. The molecule has 19 nitrogen and oxygen atoms in total. The van der Waals surface area contributed by atoms with Crippen molar-refractivity contribution in [1.82, 2.24) is 30.7 Å². The number of halogens is 3. The van der Waals surface area contributed by atoms with Crippen LogP contribution in [-0.4, -0.2) is 160 Å². The molecule has 380 valence electrons. The molecule has 2 saturated heterocycles. The van der Waals surface area contributed by atoms with Gasteiger partial charge in [0.25, 0.3) is 17.7 Å². The van der Waals surface area contributed by atoms with E-state index >= 15 is 0 Å². The number of aromatic nitrogens is 1. The molecule has 2 atom stereocenters. The number of carbonyl (C=O) groups excluding carboxylic acids is 6. The highest BCUT2D eigenvalue weighted by atomic mass is 19.4. The van der Waals surface area contributed by atoms with Crippen LogP contribution >= 0.6 is 0 Å². The molecular weight excluding hydrogens is 936 g/mol. The Bertz CT molecular complexity index is 2480. The van der Waals surface area contributed by atoms with Crippen LogP contribution in [0.25, 0.3) is 5.57 Å². The lowest BCUT2D eigenvalue weighted by Crippen LogP contribution is -2.65. The number of nitrogens with zero attached hydrogens (tertiary/aromatic N) is 4. The number of ether oxygens (including phenoxy) is 6. The number of pyridine rings is 1. The normalized spacial score (nSPS) is 19.5. The van der Waals surface area contributed by atoms with Crippen LogP contribution in [0.15, 0.2) is 71.5 Å². The van der Waals surface area contributed by atoms with Crippen molar-refractivity contribution in [3.8, 4) is 5.88 Å². The van der Waals surface area contributed by atoms with Gasteiger partial charge in [-0.3, -0.25) is 48.9 Å². The number of imide groups is 2. The smallest absolute Gasteiger partial charge is 0.416 e. The first-order valence-corrected chi connectivity index (χ1v) is 23.3. The van der Waals surface area contributed by atoms with E-state index in [2.05, 4.69) is 25.9 Å². The van der Waals surface area contributed by atoms with E-state index in [0.717, 1.165) is 28.2 Å². The average Bonchev–Trinajstić information content (AvgIpc) is 3.62. The largest absolute Gasteiger partial charge is 0.475 e. The SMILES string of the molecule is CC1=C(c2ccc(OCCOCCOCCOCC(=O)NCCOCCCc3cccc4c3C(=O)N(C3CCC(=O)NC3=O)C4=O)nc2)CC(NC(=O)c2cccc(C(F)(F)F)c2)(N2CCOCC2)C=N1. The Balaban J connectivity index is 0.721. The summed E-state index contributed by atoms with van der Waals surface area (Å²) in [7, 11) is 0. The van der Waals surface area contributed by atoms with Gasteiger partial charge in [0.2, 0.25) is 23.6 Å². The van der Waals surface area contributed by atoms with E-state index in [1.54, 1.807) is 36.7 Å². The van der Waals surface area contributed by atoms with Crippen molar-refractivity contribution in [2.24, 2.45) is 4.99 Å². The third kappa shape index (κ3) is 13.7. The van der Waals surface area contributed by atoms with Crippen LogP contribution in [0.1, 0.15) is 80.4 Å². The number of allylic oxidation sites excluding steroid dienone is 1. The Hall–Kier alpha value is -6.43. The minimum atomic E-state index is -4.60. The lowest BCUT2D eigenvalue weighted by molar-refractivity contribution is -0.138. The second-order valence-electron chi connectivity index (χ2n) is 16.9. The number of fused-ring (bicyclic) bond motifs is 1. The van der Waals surface area contributed by atoms with E-state index in [1.165, 1.54) is 12.1 Å². The van der Waals surface area contributed by atoms with Crippen LogP contribution in [0.3, 0.4) is 0 Å². The van der Waals surface area contributed by atoms with Gasteiger partial charge in [0.1, 0.15) is 24.9 Å². The summed E-state index contributed by atoms with van der Waals surface area (Å²) in [4.78, 5) is 88.0. The summed E-state index contributed by atoms with van der Waals surface area (Å²) in [5.74, 6) is -2.80. The number of alkyl halides is 3. The number of carbonyl (C=O) groups is 6. The molecule has 7 rings (SSSR count). The van der Waals surface area contributed by atoms with Crippen LogP contribution in [0, 0.1) is 0 Å². The Morgan fingerprint density at radius 3 is 2.35 bits per heavy atom. The molecule has 0 radical (unpaired) electrons. The molecule has 0 saturated carbocycles.